The number of hydrogen-bond donors (Lipinski definition) is 1. The van der Waals surface area contributed by atoms with Gasteiger partial charge in [-0.1, -0.05) is 30.4 Å². The number of halogens is 2. The van der Waals surface area contributed by atoms with E-state index in [4.69, 9.17) is 4.74 Å². The lowest BCUT2D eigenvalue weighted by Crippen LogP contribution is -2.29. The molecule has 6 nitrogen and oxygen atoms in total. The second-order valence-electron chi connectivity index (χ2n) is 8.21. The first-order chi connectivity index (χ1) is 17.4. The van der Waals surface area contributed by atoms with Gasteiger partial charge in [0, 0.05) is 5.56 Å². The molecule has 9 heteroatoms. The Balaban J connectivity index is 1.70. The first kappa shape index (κ1) is 23.6. The van der Waals surface area contributed by atoms with Gasteiger partial charge < -0.3 is 9.84 Å². The van der Waals surface area contributed by atoms with E-state index in [9.17, 15) is 23.5 Å². The Hall–Kier alpha value is -4.11. The van der Waals surface area contributed by atoms with Crippen molar-refractivity contribution < 1.29 is 28.2 Å². The smallest absolute Gasteiger partial charge is 0.301 e. The van der Waals surface area contributed by atoms with Crippen LogP contribution in [0.5, 0.6) is 5.75 Å². The lowest BCUT2D eigenvalue weighted by atomic mass is 9.95. The summed E-state index contributed by atoms with van der Waals surface area (Å²) in [6, 6.07) is 14.9. The zero-order valence-electron chi connectivity index (χ0n) is 19.1. The lowest BCUT2D eigenvalue weighted by molar-refractivity contribution is -0.132. The SMILES string of the molecule is CCCOc1cccc(C2C(=C(O)c3ccc(F)cc3)C(=O)C(=O)N2c2nc3ccc(F)cc3s2)c1. The van der Waals surface area contributed by atoms with Gasteiger partial charge in [-0.3, -0.25) is 14.5 Å². The van der Waals surface area contributed by atoms with Gasteiger partial charge in [-0.05, 0) is 66.6 Å². The van der Waals surface area contributed by atoms with E-state index in [0.717, 1.165) is 29.9 Å². The van der Waals surface area contributed by atoms with Crippen LogP contribution < -0.4 is 9.64 Å². The van der Waals surface area contributed by atoms with E-state index in [1.165, 1.54) is 35.2 Å². The van der Waals surface area contributed by atoms with Crippen LogP contribution in [0.4, 0.5) is 13.9 Å². The molecule has 2 heterocycles. The Morgan fingerprint density at radius 1 is 1.06 bits per heavy atom. The number of benzene rings is 3. The molecule has 1 fully saturated rings. The number of nitrogens with zero attached hydrogens (tertiary/aromatic N) is 2. The van der Waals surface area contributed by atoms with Crippen molar-refractivity contribution in [1.82, 2.24) is 4.98 Å². The van der Waals surface area contributed by atoms with Crippen LogP contribution in [0.3, 0.4) is 0 Å². The van der Waals surface area contributed by atoms with Crippen molar-refractivity contribution >= 4 is 44.1 Å². The van der Waals surface area contributed by atoms with Crippen molar-refractivity contribution in [3.63, 3.8) is 0 Å². The summed E-state index contributed by atoms with van der Waals surface area (Å²) in [7, 11) is 0. The largest absolute Gasteiger partial charge is 0.507 e. The number of amides is 1. The van der Waals surface area contributed by atoms with E-state index in [2.05, 4.69) is 4.98 Å². The summed E-state index contributed by atoms with van der Waals surface area (Å²) in [6.07, 6.45) is 0.787. The first-order valence-electron chi connectivity index (χ1n) is 11.2. The second-order valence-corrected chi connectivity index (χ2v) is 9.21. The highest BCUT2D eigenvalue weighted by molar-refractivity contribution is 7.22. The van der Waals surface area contributed by atoms with Crippen molar-refractivity contribution in [2.75, 3.05) is 11.5 Å². The van der Waals surface area contributed by atoms with Crippen LogP contribution in [-0.2, 0) is 9.59 Å². The third kappa shape index (κ3) is 4.22. The number of ketones is 1. The Labute approximate surface area is 209 Å². The first-order valence-corrected chi connectivity index (χ1v) is 12.0. The van der Waals surface area contributed by atoms with Gasteiger partial charge in [0.1, 0.15) is 23.1 Å². The number of hydrogen-bond acceptors (Lipinski definition) is 6. The van der Waals surface area contributed by atoms with Gasteiger partial charge in [0.25, 0.3) is 5.78 Å². The topological polar surface area (TPSA) is 79.7 Å². The molecule has 1 aliphatic rings. The van der Waals surface area contributed by atoms with Gasteiger partial charge in [0.15, 0.2) is 5.13 Å². The third-order valence-corrected chi connectivity index (χ3v) is 6.77. The molecule has 0 radical (unpaired) electrons. The van der Waals surface area contributed by atoms with Gasteiger partial charge in [0.05, 0.1) is 28.4 Å². The number of Topliss-reactive ketones (excluding diaryl/α,β-unsaturated/α-hetero) is 1. The van der Waals surface area contributed by atoms with Crippen molar-refractivity contribution in [3.8, 4) is 5.75 Å². The predicted molar refractivity (Wildman–Crippen MR) is 133 cm³/mol. The number of fused-ring (bicyclic) bond motifs is 1. The Morgan fingerprint density at radius 2 is 1.81 bits per heavy atom. The number of aromatic nitrogens is 1. The fourth-order valence-corrected chi connectivity index (χ4v) is 5.11. The minimum Gasteiger partial charge on any atom is -0.507 e. The Bertz CT molecular complexity index is 1510. The molecular formula is C27H20F2N2O4S. The van der Waals surface area contributed by atoms with Crippen molar-refractivity contribution in [2.24, 2.45) is 0 Å². The van der Waals surface area contributed by atoms with Crippen LogP contribution in [0.25, 0.3) is 16.0 Å². The molecule has 1 atom stereocenters. The van der Waals surface area contributed by atoms with Gasteiger partial charge >= 0.3 is 5.91 Å². The summed E-state index contributed by atoms with van der Waals surface area (Å²) in [6.45, 7) is 2.44. The molecular weight excluding hydrogens is 486 g/mol. The predicted octanol–water partition coefficient (Wildman–Crippen LogP) is 5.99. The van der Waals surface area contributed by atoms with Crippen molar-refractivity contribution in [2.45, 2.75) is 19.4 Å². The molecule has 36 heavy (non-hydrogen) atoms. The molecule has 0 spiro atoms. The van der Waals surface area contributed by atoms with Crippen molar-refractivity contribution in [3.05, 3.63) is 95.1 Å². The number of carbonyl (C=O) groups excluding carboxylic acids is 2. The summed E-state index contributed by atoms with van der Waals surface area (Å²) < 4.78 is 33.5. The maximum absolute atomic E-state index is 13.8. The molecule has 1 aromatic heterocycles. The minimum atomic E-state index is -1.04. The van der Waals surface area contributed by atoms with Crippen LogP contribution in [-0.4, -0.2) is 28.4 Å². The summed E-state index contributed by atoms with van der Waals surface area (Å²) in [5.74, 6) is -2.66. The van der Waals surface area contributed by atoms with Crippen molar-refractivity contribution in [1.29, 1.82) is 0 Å². The third-order valence-electron chi connectivity index (χ3n) is 5.75. The molecule has 5 rings (SSSR count). The zero-order valence-corrected chi connectivity index (χ0v) is 19.9. The van der Waals surface area contributed by atoms with Gasteiger partial charge in [-0.25, -0.2) is 13.8 Å². The van der Waals surface area contributed by atoms with Gasteiger partial charge in [0.2, 0.25) is 0 Å². The van der Waals surface area contributed by atoms with Crippen LogP contribution in [0, 0.1) is 11.6 Å². The zero-order chi connectivity index (χ0) is 25.4. The molecule has 1 amide bonds. The van der Waals surface area contributed by atoms with E-state index in [1.54, 1.807) is 24.3 Å². The normalized spacial score (nSPS) is 17.2. The number of anilines is 1. The maximum atomic E-state index is 13.8. The molecule has 1 saturated heterocycles. The molecule has 1 unspecified atom stereocenters. The van der Waals surface area contributed by atoms with E-state index in [-0.39, 0.29) is 16.3 Å². The minimum absolute atomic E-state index is 0.162. The fourth-order valence-electron chi connectivity index (χ4n) is 4.09. The molecule has 1 N–H and O–H groups in total. The molecule has 0 aliphatic carbocycles. The Morgan fingerprint density at radius 3 is 2.56 bits per heavy atom. The number of aliphatic hydroxyl groups excluding tert-OH is 1. The highest BCUT2D eigenvalue weighted by Gasteiger charge is 2.48. The Kier molecular flexibility index (Phi) is 6.24. The molecule has 1 aliphatic heterocycles. The number of aliphatic hydroxyl groups is 1. The monoisotopic (exact) mass is 506 g/mol. The quantitative estimate of drug-likeness (QED) is 0.197. The van der Waals surface area contributed by atoms with Gasteiger partial charge in [-0.15, -0.1) is 0 Å². The fraction of sp³-hybridized carbons (Fsp3) is 0.148. The molecule has 182 valence electrons. The summed E-state index contributed by atoms with van der Waals surface area (Å²) in [5, 5.41) is 11.3. The highest BCUT2D eigenvalue weighted by Crippen LogP contribution is 2.44. The standard InChI is InChI=1S/C27H20F2N2O4S/c1-2-12-35-19-5-3-4-16(13-19)23-22(24(32)15-6-8-17(28)9-7-15)25(33)26(34)31(23)27-30-20-11-10-18(29)14-21(20)36-27/h3-11,13-14,23,32H,2,12H2,1H3. The highest BCUT2D eigenvalue weighted by atomic mass is 32.1. The molecule has 0 saturated carbocycles. The molecule has 0 bridgehead atoms. The number of thiazole rings is 1. The number of rotatable bonds is 6. The molecule has 3 aromatic carbocycles. The maximum Gasteiger partial charge on any atom is 0.301 e. The van der Waals surface area contributed by atoms with E-state index >= 15 is 0 Å². The van der Waals surface area contributed by atoms with E-state index in [0.29, 0.717) is 28.1 Å². The van der Waals surface area contributed by atoms with Crippen LogP contribution >= 0.6 is 11.3 Å². The van der Waals surface area contributed by atoms with Crippen LogP contribution in [0.1, 0.15) is 30.5 Å². The number of carbonyl (C=O) groups is 2. The lowest BCUT2D eigenvalue weighted by Gasteiger charge is -2.23. The van der Waals surface area contributed by atoms with Crippen LogP contribution in [0.15, 0.2) is 72.3 Å². The van der Waals surface area contributed by atoms with E-state index < -0.39 is 35.1 Å². The van der Waals surface area contributed by atoms with E-state index in [1.807, 2.05) is 6.92 Å². The van der Waals surface area contributed by atoms with Gasteiger partial charge in [-0.2, -0.15) is 0 Å². The summed E-state index contributed by atoms with van der Waals surface area (Å²) in [4.78, 5) is 32.3. The number of ether oxygens (including phenoxy) is 1. The second kappa shape index (κ2) is 9.50. The summed E-state index contributed by atoms with van der Waals surface area (Å²) in [5.41, 5.74) is 1.00. The average Bonchev–Trinajstić information content (AvgIpc) is 3.40. The molecule has 4 aromatic rings. The average molecular weight is 507 g/mol. The van der Waals surface area contributed by atoms with Crippen LogP contribution in [0.2, 0.25) is 0 Å². The summed E-state index contributed by atoms with van der Waals surface area (Å²) >= 11 is 1.06.